The number of hydrogen-bond acceptors (Lipinski definition) is 2. The minimum Gasteiger partial charge on any atom is -0.408 e. The van der Waals surface area contributed by atoms with Crippen LogP contribution in [0.25, 0.3) is 0 Å². The molecule has 1 fully saturated rings. The Morgan fingerprint density at radius 3 is 2.50 bits per heavy atom. The second-order valence-electron chi connectivity index (χ2n) is 7.02. The Kier molecular flexibility index (Phi) is 5.38. The predicted octanol–water partition coefficient (Wildman–Crippen LogP) is 3.74. The van der Waals surface area contributed by atoms with Gasteiger partial charge in [0.15, 0.2) is 8.32 Å². The Hall–Kier alpha value is -0.873. The van der Waals surface area contributed by atoms with Gasteiger partial charge in [-0.25, -0.2) is 0 Å². The third-order valence-electron chi connectivity index (χ3n) is 4.55. The zero-order chi connectivity index (χ0) is 15.6. The highest BCUT2D eigenvalue weighted by Gasteiger charge is 2.43. The average molecular weight is 295 g/mol. The fraction of sp³-hybridized carbons (Fsp3) is 0.688. The van der Waals surface area contributed by atoms with Gasteiger partial charge in [-0.1, -0.05) is 32.9 Å². The topological polar surface area (TPSA) is 29.5 Å². The summed E-state index contributed by atoms with van der Waals surface area (Å²) < 4.78 is 6.45. The van der Waals surface area contributed by atoms with Crippen molar-refractivity contribution in [1.82, 2.24) is 4.90 Å². The minimum atomic E-state index is -1.87. The zero-order valence-electron chi connectivity index (χ0n) is 13.6. The first-order chi connectivity index (χ1) is 9.14. The molecule has 0 unspecified atom stereocenters. The molecule has 1 rings (SSSR count). The van der Waals surface area contributed by atoms with Crippen LogP contribution in [0.15, 0.2) is 25.3 Å². The van der Waals surface area contributed by atoms with Crippen molar-refractivity contribution in [3.8, 4) is 0 Å². The molecule has 1 aliphatic heterocycles. The molecule has 0 spiro atoms. The lowest BCUT2D eigenvalue weighted by atomic mass is 10.1. The van der Waals surface area contributed by atoms with E-state index in [0.29, 0.717) is 13.0 Å². The number of likely N-dealkylation sites (tertiary alicyclic amines) is 1. The zero-order valence-corrected chi connectivity index (χ0v) is 14.6. The fourth-order valence-corrected chi connectivity index (χ4v) is 3.56. The summed E-state index contributed by atoms with van der Waals surface area (Å²) in [4.78, 5) is 13.8. The molecule has 0 aromatic rings. The molecule has 0 aromatic carbocycles. The summed E-state index contributed by atoms with van der Waals surface area (Å²) in [7, 11) is -1.87. The third-order valence-corrected chi connectivity index (χ3v) is 9.02. The Labute approximate surface area is 124 Å². The van der Waals surface area contributed by atoms with Crippen LogP contribution in [0.2, 0.25) is 18.1 Å². The average Bonchev–Trinajstić information content (AvgIpc) is 2.67. The normalized spacial score (nSPS) is 21.9. The maximum Gasteiger partial charge on any atom is 0.223 e. The SMILES string of the molecule is C=CCN1C(=O)CC[C@@H]1[C@@H](C=C)O[Si](C)(C)C(C)(C)C. The highest BCUT2D eigenvalue weighted by Crippen LogP contribution is 2.38. The highest BCUT2D eigenvalue weighted by atomic mass is 28.4. The van der Waals surface area contributed by atoms with Gasteiger partial charge in [0, 0.05) is 13.0 Å². The van der Waals surface area contributed by atoms with Crippen LogP contribution >= 0.6 is 0 Å². The van der Waals surface area contributed by atoms with Crippen molar-refractivity contribution < 1.29 is 9.22 Å². The van der Waals surface area contributed by atoms with Crippen molar-refractivity contribution >= 4 is 14.2 Å². The third kappa shape index (κ3) is 3.61. The molecule has 0 saturated carbocycles. The van der Waals surface area contributed by atoms with E-state index < -0.39 is 8.32 Å². The van der Waals surface area contributed by atoms with Gasteiger partial charge < -0.3 is 9.33 Å². The molecule has 2 atom stereocenters. The fourth-order valence-electron chi connectivity index (χ4n) is 2.27. The van der Waals surface area contributed by atoms with Crippen molar-refractivity contribution in [2.45, 2.75) is 63.9 Å². The van der Waals surface area contributed by atoms with Crippen molar-refractivity contribution in [2.75, 3.05) is 6.54 Å². The van der Waals surface area contributed by atoms with E-state index in [0.717, 1.165) is 6.42 Å². The molecule has 1 heterocycles. The van der Waals surface area contributed by atoms with E-state index in [1.165, 1.54) is 0 Å². The molecule has 1 aliphatic rings. The quantitative estimate of drug-likeness (QED) is 0.552. The molecule has 4 heteroatoms. The van der Waals surface area contributed by atoms with Gasteiger partial charge in [0.1, 0.15) is 0 Å². The van der Waals surface area contributed by atoms with Gasteiger partial charge in [-0.05, 0) is 24.6 Å². The van der Waals surface area contributed by atoms with Crippen molar-refractivity contribution in [1.29, 1.82) is 0 Å². The number of carbonyl (C=O) groups is 1. The number of rotatable bonds is 6. The molecule has 20 heavy (non-hydrogen) atoms. The Bertz CT molecular complexity index is 384. The van der Waals surface area contributed by atoms with Crippen LogP contribution in [-0.2, 0) is 9.22 Å². The Morgan fingerprint density at radius 1 is 1.45 bits per heavy atom. The van der Waals surface area contributed by atoms with Gasteiger partial charge in [0.2, 0.25) is 5.91 Å². The number of hydrogen-bond donors (Lipinski definition) is 0. The maximum atomic E-state index is 12.0. The molecule has 1 amide bonds. The molecule has 0 bridgehead atoms. The molecule has 0 aliphatic carbocycles. The van der Waals surface area contributed by atoms with Gasteiger partial charge in [-0.3, -0.25) is 4.79 Å². The van der Waals surface area contributed by atoms with E-state index >= 15 is 0 Å². The van der Waals surface area contributed by atoms with E-state index in [2.05, 4.69) is 47.0 Å². The second-order valence-corrected chi connectivity index (χ2v) is 11.8. The first-order valence-electron chi connectivity index (χ1n) is 7.35. The number of nitrogens with zero attached hydrogens (tertiary/aromatic N) is 1. The van der Waals surface area contributed by atoms with Crippen LogP contribution in [0.5, 0.6) is 0 Å². The number of amides is 1. The molecule has 0 radical (unpaired) electrons. The van der Waals surface area contributed by atoms with Crippen LogP contribution in [0, 0.1) is 0 Å². The number of carbonyl (C=O) groups excluding carboxylic acids is 1. The molecule has 0 N–H and O–H groups in total. The smallest absolute Gasteiger partial charge is 0.223 e. The molecule has 114 valence electrons. The van der Waals surface area contributed by atoms with Crippen molar-refractivity contribution in [3.05, 3.63) is 25.3 Å². The lowest BCUT2D eigenvalue weighted by molar-refractivity contribution is -0.129. The first-order valence-corrected chi connectivity index (χ1v) is 10.3. The van der Waals surface area contributed by atoms with Gasteiger partial charge >= 0.3 is 0 Å². The van der Waals surface area contributed by atoms with Crippen molar-refractivity contribution in [2.24, 2.45) is 0 Å². The summed E-state index contributed by atoms with van der Waals surface area (Å²) >= 11 is 0. The first kappa shape index (κ1) is 17.2. The van der Waals surface area contributed by atoms with Crippen LogP contribution in [0.3, 0.4) is 0 Å². The van der Waals surface area contributed by atoms with E-state index in [4.69, 9.17) is 4.43 Å². The van der Waals surface area contributed by atoms with Crippen LogP contribution < -0.4 is 0 Å². The molecular weight excluding hydrogens is 266 g/mol. The van der Waals surface area contributed by atoms with Gasteiger partial charge in [-0.15, -0.1) is 13.2 Å². The molecule has 0 aromatic heterocycles. The predicted molar refractivity (Wildman–Crippen MR) is 87.2 cm³/mol. The largest absolute Gasteiger partial charge is 0.408 e. The van der Waals surface area contributed by atoms with E-state index in [1.54, 1.807) is 6.08 Å². The highest BCUT2D eigenvalue weighted by molar-refractivity contribution is 6.74. The molecule has 3 nitrogen and oxygen atoms in total. The van der Waals surface area contributed by atoms with E-state index in [1.807, 2.05) is 11.0 Å². The van der Waals surface area contributed by atoms with Crippen LogP contribution in [0.4, 0.5) is 0 Å². The van der Waals surface area contributed by atoms with Gasteiger partial charge in [-0.2, -0.15) is 0 Å². The summed E-state index contributed by atoms with van der Waals surface area (Å²) in [6.45, 7) is 19.4. The maximum absolute atomic E-state index is 12.0. The molecular formula is C16H29NO2Si. The standard InChI is InChI=1S/C16H29NO2Si/c1-8-12-17-13(10-11-15(17)18)14(9-2)19-20(6,7)16(3,4)5/h8-9,13-14H,1-2,10-12H2,3-7H3/t13-,14-/m1/s1. The van der Waals surface area contributed by atoms with Gasteiger partial charge in [0.05, 0.1) is 12.1 Å². The van der Waals surface area contributed by atoms with Crippen LogP contribution in [-0.4, -0.2) is 37.8 Å². The lowest BCUT2D eigenvalue weighted by Gasteiger charge is -2.41. The Balaban J connectivity index is 2.88. The van der Waals surface area contributed by atoms with E-state index in [9.17, 15) is 4.79 Å². The summed E-state index contributed by atoms with van der Waals surface area (Å²) in [5.41, 5.74) is 0. The molecule has 1 saturated heterocycles. The summed E-state index contributed by atoms with van der Waals surface area (Å²) in [6.07, 6.45) is 5.01. The van der Waals surface area contributed by atoms with Crippen LogP contribution in [0.1, 0.15) is 33.6 Å². The summed E-state index contributed by atoms with van der Waals surface area (Å²) in [6, 6.07) is 0.104. The minimum absolute atomic E-state index is 0.0812. The van der Waals surface area contributed by atoms with E-state index in [-0.39, 0.29) is 23.1 Å². The Morgan fingerprint density at radius 2 is 2.05 bits per heavy atom. The van der Waals surface area contributed by atoms with Crippen molar-refractivity contribution in [3.63, 3.8) is 0 Å². The summed E-state index contributed by atoms with van der Waals surface area (Å²) in [5, 5.41) is 0.153. The lowest BCUT2D eigenvalue weighted by Crippen LogP contribution is -2.50. The second kappa shape index (κ2) is 6.27. The van der Waals surface area contributed by atoms with Gasteiger partial charge in [0.25, 0.3) is 0 Å². The monoisotopic (exact) mass is 295 g/mol. The summed E-state index contributed by atoms with van der Waals surface area (Å²) in [5.74, 6) is 0.195.